The molecule has 16 heavy (non-hydrogen) atoms. The lowest BCUT2D eigenvalue weighted by molar-refractivity contribution is 0.100. The quantitative estimate of drug-likeness (QED) is 0.724. The number of nitrogens with zero attached hydrogens (tertiary/aromatic N) is 2. The molecule has 0 aliphatic carbocycles. The molecule has 0 unspecified atom stereocenters. The van der Waals surface area contributed by atoms with Crippen molar-refractivity contribution in [1.82, 2.24) is 9.97 Å². The van der Waals surface area contributed by atoms with Gasteiger partial charge < -0.3 is 4.42 Å². The van der Waals surface area contributed by atoms with Gasteiger partial charge in [-0.05, 0) is 32.0 Å². The lowest BCUT2D eigenvalue weighted by Gasteiger charge is -2.01. The second-order valence-corrected chi connectivity index (χ2v) is 3.68. The van der Waals surface area contributed by atoms with Crippen molar-refractivity contribution < 1.29 is 9.21 Å². The van der Waals surface area contributed by atoms with Gasteiger partial charge in [-0.2, -0.15) is 0 Å². The van der Waals surface area contributed by atoms with E-state index in [1.165, 1.54) is 6.92 Å². The zero-order valence-electron chi connectivity index (χ0n) is 9.44. The fourth-order valence-corrected chi connectivity index (χ4v) is 1.42. The topological polar surface area (TPSA) is 56.0 Å². The molecule has 0 aliphatic heterocycles. The van der Waals surface area contributed by atoms with Crippen molar-refractivity contribution in [3.05, 3.63) is 35.5 Å². The molecule has 2 heterocycles. The van der Waals surface area contributed by atoms with Gasteiger partial charge in [-0.15, -0.1) is 0 Å². The van der Waals surface area contributed by atoms with E-state index < -0.39 is 0 Å². The lowest BCUT2D eigenvalue weighted by atomic mass is 10.2. The summed E-state index contributed by atoms with van der Waals surface area (Å²) in [6, 6.07) is 5.49. The van der Waals surface area contributed by atoms with Gasteiger partial charge in [0.1, 0.15) is 11.5 Å². The predicted octanol–water partition coefficient (Wildman–Crippen LogP) is 2.56. The minimum absolute atomic E-state index is 0.145. The van der Waals surface area contributed by atoms with Crippen molar-refractivity contribution >= 4 is 5.78 Å². The van der Waals surface area contributed by atoms with E-state index in [0.29, 0.717) is 11.5 Å². The normalized spacial score (nSPS) is 10.4. The van der Waals surface area contributed by atoms with Gasteiger partial charge in [0.25, 0.3) is 0 Å². The van der Waals surface area contributed by atoms with Crippen LogP contribution in [-0.4, -0.2) is 15.8 Å². The van der Waals surface area contributed by atoms with Crippen LogP contribution >= 0.6 is 0 Å². The maximum Gasteiger partial charge on any atom is 0.197 e. The Labute approximate surface area is 93.3 Å². The summed E-state index contributed by atoms with van der Waals surface area (Å²) in [4.78, 5) is 19.5. The number of ketones is 1. The molecule has 2 aromatic heterocycles. The maximum atomic E-state index is 11.2. The average Bonchev–Trinajstić information content (AvgIpc) is 2.64. The molecule has 0 saturated carbocycles. The van der Waals surface area contributed by atoms with Gasteiger partial charge in [0, 0.05) is 12.6 Å². The summed E-state index contributed by atoms with van der Waals surface area (Å²) in [5.41, 5.74) is 1.40. The molecule has 0 fully saturated rings. The fraction of sp³-hybridized carbons (Fsp3) is 0.250. The Morgan fingerprint density at radius 3 is 2.56 bits per heavy atom. The number of carbonyl (C=O) groups is 1. The standard InChI is InChI=1S/C12H12N2O2/c1-7-6-10(11-5-4-8(2)16-11)14-12(13-7)9(3)15/h4-6H,1-3H3. The highest BCUT2D eigenvalue weighted by Crippen LogP contribution is 2.20. The molecule has 0 aromatic carbocycles. The molecule has 4 nitrogen and oxygen atoms in total. The molecule has 2 rings (SSSR count). The highest BCUT2D eigenvalue weighted by atomic mass is 16.3. The monoisotopic (exact) mass is 216 g/mol. The Morgan fingerprint density at radius 1 is 1.25 bits per heavy atom. The number of aromatic nitrogens is 2. The van der Waals surface area contributed by atoms with Crippen LogP contribution in [0.1, 0.15) is 29.0 Å². The van der Waals surface area contributed by atoms with Gasteiger partial charge in [0.2, 0.25) is 0 Å². The number of hydrogen-bond donors (Lipinski definition) is 0. The Bertz CT molecular complexity index is 544. The molecule has 0 saturated heterocycles. The molecule has 0 radical (unpaired) electrons. The van der Waals surface area contributed by atoms with Crippen molar-refractivity contribution in [2.24, 2.45) is 0 Å². The summed E-state index contributed by atoms with van der Waals surface area (Å²) in [6.45, 7) is 5.14. The van der Waals surface area contributed by atoms with Crippen LogP contribution in [0.4, 0.5) is 0 Å². The first kappa shape index (κ1) is 10.5. The van der Waals surface area contributed by atoms with E-state index in [1.807, 2.05) is 26.0 Å². The van der Waals surface area contributed by atoms with E-state index in [1.54, 1.807) is 6.07 Å². The predicted molar refractivity (Wildman–Crippen MR) is 59.2 cm³/mol. The first-order valence-electron chi connectivity index (χ1n) is 4.99. The zero-order chi connectivity index (χ0) is 11.7. The number of aryl methyl sites for hydroxylation is 2. The summed E-state index contributed by atoms with van der Waals surface area (Å²) < 4.78 is 5.46. The van der Waals surface area contributed by atoms with E-state index in [4.69, 9.17) is 4.42 Å². The largest absolute Gasteiger partial charge is 0.460 e. The summed E-state index contributed by atoms with van der Waals surface area (Å²) in [5.74, 6) is 1.55. The zero-order valence-corrected chi connectivity index (χ0v) is 9.44. The van der Waals surface area contributed by atoms with Crippen LogP contribution in [0, 0.1) is 13.8 Å². The average molecular weight is 216 g/mol. The maximum absolute atomic E-state index is 11.2. The molecule has 0 aliphatic rings. The fourth-order valence-electron chi connectivity index (χ4n) is 1.42. The Balaban J connectivity index is 2.53. The highest BCUT2D eigenvalue weighted by Gasteiger charge is 2.10. The third-order valence-corrected chi connectivity index (χ3v) is 2.16. The van der Waals surface area contributed by atoms with Crippen LogP contribution in [0.15, 0.2) is 22.6 Å². The van der Waals surface area contributed by atoms with E-state index in [9.17, 15) is 4.79 Å². The van der Waals surface area contributed by atoms with E-state index in [2.05, 4.69) is 9.97 Å². The first-order valence-corrected chi connectivity index (χ1v) is 4.99. The molecule has 0 atom stereocenters. The van der Waals surface area contributed by atoms with Crippen LogP contribution in [0.25, 0.3) is 11.5 Å². The Hall–Kier alpha value is -1.97. The molecule has 2 aromatic rings. The van der Waals surface area contributed by atoms with Crippen molar-refractivity contribution in [1.29, 1.82) is 0 Å². The summed E-state index contributed by atoms with van der Waals surface area (Å²) in [6.07, 6.45) is 0. The van der Waals surface area contributed by atoms with E-state index in [0.717, 1.165) is 11.5 Å². The second-order valence-electron chi connectivity index (χ2n) is 3.68. The van der Waals surface area contributed by atoms with Gasteiger partial charge in [0.15, 0.2) is 17.4 Å². The number of Topliss-reactive ketones (excluding diaryl/α,β-unsaturated/α-hetero) is 1. The van der Waals surface area contributed by atoms with Gasteiger partial charge in [-0.25, -0.2) is 9.97 Å². The molecular formula is C12H12N2O2. The van der Waals surface area contributed by atoms with Crippen LogP contribution in [0.5, 0.6) is 0 Å². The van der Waals surface area contributed by atoms with E-state index >= 15 is 0 Å². The smallest absolute Gasteiger partial charge is 0.197 e. The minimum atomic E-state index is -0.145. The summed E-state index contributed by atoms with van der Waals surface area (Å²) in [5, 5.41) is 0. The number of carbonyl (C=O) groups excluding carboxylic acids is 1. The summed E-state index contributed by atoms with van der Waals surface area (Å²) >= 11 is 0. The number of hydrogen-bond acceptors (Lipinski definition) is 4. The lowest BCUT2D eigenvalue weighted by Crippen LogP contribution is -2.03. The summed E-state index contributed by atoms with van der Waals surface area (Å²) in [7, 11) is 0. The molecule has 4 heteroatoms. The van der Waals surface area contributed by atoms with Crippen molar-refractivity contribution in [3.8, 4) is 11.5 Å². The van der Waals surface area contributed by atoms with Crippen LogP contribution in [0.2, 0.25) is 0 Å². The molecule has 0 N–H and O–H groups in total. The van der Waals surface area contributed by atoms with Crippen molar-refractivity contribution in [3.63, 3.8) is 0 Å². The molecule has 0 spiro atoms. The third-order valence-electron chi connectivity index (χ3n) is 2.16. The van der Waals surface area contributed by atoms with Gasteiger partial charge in [0.05, 0.1) is 0 Å². The highest BCUT2D eigenvalue weighted by molar-refractivity contribution is 5.90. The van der Waals surface area contributed by atoms with Gasteiger partial charge in [-0.1, -0.05) is 0 Å². The minimum Gasteiger partial charge on any atom is -0.460 e. The third kappa shape index (κ3) is 2.00. The Kier molecular flexibility index (Phi) is 2.56. The van der Waals surface area contributed by atoms with Crippen molar-refractivity contribution in [2.45, 2.75) is 20.8 Å². The van der Waals surface area contributed by atoms with Crippen LogP contribution in [0.3, 0.4) is 0 Å². The Morgan fingerprint density at radius 2 is 2.00 bits per heavy atom. The number of rotatable bonds is 2. The SMILES string of the molecule is CC(=O)c1nc(C)cc(-c2ccc(C)o2)n1. The number of furan rings is 1. The van der Waals surface area contributed by atoms with E-state index in [-0.39, 0.29) is 11.6 Å². The van der Waals surface area contributed by atoms with Crippen LogP contribution < -0.4 is 0 Å². The molecule has 82 valence electrons. The van der Waals surface area contributed by atoms with Gasteiger partial charge >= 0.3 is 0 Å². The second kappa shape index (κ2) is 3.89. The molecule has 0 amide bonds. The molecule has 0 bridgehead atoms. The molecular weight excluding hydrogens is 204 g/mol. The first-order chi connectivity index (χ1) is 7.56. The van der Waals surface area contributed by atoms with Crippen molar-refractivity contribution in [2.75, 3.05) is 0 Å². The van der Waals surface area contributed by atoms with Crippen LogP contribution in [-0.2, 0) is 0 Å². The van der Waals surface area contributed by atoms with Gasteiger partial charge in [-0.3, -0.25) is 4.79 Å².